The summed E-state index contributed by atoms with van der Waals surface area (Å²) in [6.07, 6.45) is 0. The third kappa shape index (κ3) is 5.91. The minimum Gasteiger partial charge on any atom is -0.456 e. The molecule has 0 unspecified atom stereocenters. The van der Waals surface area contributed by atoms with Crippen molar-refractivity contribution in [3.63, 3.8) is 0 Å². The molecule has 58 heavy (non-hydrogen) atoms. The van der Waals surface area contributed by atoms with E-state index in [1.54, 1.807) is 0 Å². The molecule has 0 saturated carbocycles. The van der Waals surface area contributed by atoms with Crippen molar-refractivity contribution in [2.75, 3.05) is 4.90 Å². The Kier molecular flexibility index (Phi) is 8.19. The highest BCUT2D eigenvalue weighted by molar-refractivity contribution is 6.06. The average Bonchev–Trinajstić information content (AvgIpc) is 3.67. The zero-order valence-corrected chi connectivity index (χ0v) is 31.7. The van der Waals surface area contributed by atoms with E-state index in [1.165, 1.54) is 49.4 Å². The summed E-state index contributed by atoms with van der Waals surface area (Å²) in [6.45, 7) is 0. The smallest absolute Gasteiger partial charge is 0.136 e. The van der Waals surface area contributed by atoms with Crippen molar-refractivity contribution in [3.8, 4) is 44.5 Å². The maximum absolute atomic E-state index is 6.38. The van der Waals surface area contributed by atoms with Gasteiger partial charge in [-0.05, 0) is 109 Å². The summed E-state index contributed by atoms with van der Waals surface area (Å²) in [4.78, 5) is 2.39. The first kappa shape index (κ1) is 33.6. The van der Waals surface area contributed by atoms with Crippen LogP contribution in [0.4, 0.5) is 17.1 Å². The second-order valence-electron chi connectivity index (χ2n) is 14.9. The number of benzene rings is 10. The van der Waals surface area contributed by atoms with Gasteiger partial charge >= 0.3 is 0 Å². The van der Waals surface area contributed by atoms with Crippen LogP contribution in [0.5, 0.6) is 0 Å². The maximum Gasteiger partial charge on any atom is 0.136 e. The highest BCUT2D eigenvalue weighted by atomic mass is 16.3. The Bertz CT molecular complexity index is 3270. The Morgan fingerprint density at radius 3 is 1.52 bits per heavy atom. The number of rotatable bonds is 7. The molecule has 0 N–H and O–H groups in total. The highest BCUT2D eigenvalue weighted by Gasteiger charge is 2.19. The van der Waals surface area contributed by atoms with Gasteiger partial charge in [-0.15, -0.1) is 0 Å². The van der Waals surface area contributed by atoms with E-state index in [0.29, 0.717) is 0 Å². The summed E-state index contributed by atoms with van der Waals surface area (Å²) in [6, 6.07) is 80.7. The van der Waals surface area contributed by atoms with Crippen molar-refractivity contribution in [2.45, 2.75) is 0 Å². The SMILES string of the molecule is c1cc(-c2ccc(-c3cccc4ccccc34)cc2)cc(N(c2ccc(-c3cccc4ccccc34)cc2)c2ccccc2-c2ccc3c(c2)oc2ccccc23)c1. The molecule has 11 aromatic rings. The van der Waals surface area contributed by atoms with Gasteiger partial charge in [-0.2, -0.15) is 0 Å². The van der Waals surface area contributed by atoms with E-state index >= 15 is 0 Å². The molecule has 0 bridgehead atoms. The predicted octanol–water partition coefficient (Wildman–Crippen LogP) is 16.0. The molecule has 0 atom stereocenters. The quantitative estimate of drug-likeness (QED) is 0.162. The fourth-order valence-corrected chi connectivity index (χ4v) is 8.64. The molecule has 10 aromatic carbocycles. The van der Waals surface area contributed by atoms with Gasteiger partial charge in [0.2, 0.25) is 0 Å². The van der Waals surface area contributed by atoms with Gasteiger partial charge in [0.05, 0.1) is 5.69 Å². The van der Waals surface area contributed by atoms with Crippen LogP contribution in [-0.2, 0) is 0 Å². The van der Waals surface area contributed by atoms with Crippen LogP contribution in [0.25, 0.3) is 88.0 Å². The van der Waals surface area contributed by atoms with Gasteiger partial charge in [0.15, 0.2) is 0 Å². The first-order valence-electron chi connectivity index (χ1n) is 19.8. The fraction of sp³-hybridized carbons (Fsp3) is 0. The van der Waals surface area contributed by atoms with E-state index in [1.807, 2.05) is 12.1 Å². The Labute approximate surface area is 337 Å². The number of hydrogen-bond acceptors (Lipinski definition) is 2. The monoisotopic (exact) mass is 739 g/mol. The summed E-state index contributed by atoms with van der Waals surface area (Å²) in [5.41, 5.74) is 14.4. The zero-order chi connectivity index (χ0) is 38.4. The van der Waals surface area contributed by atoms with E-state index in [0.717, 1.165) is 55.7 Å². The Hall–Kier alpha value is -7.68. The average molecular weight is 740 g/mol. The van der Waals surface area contributed by atoms with Gasteiger partial charge in [0, 0.05) is 27.7 Å². The molecule has 272 valence electrons. The number of nitrogens with zero attached hydrogens (tertiary/aromatic N) is 1. The van der Waals surface area contributed by atoms with Crippen LogP contribution in [0.15, 0.2) is 229 Å². The van der Waals surface area contributed by atoms with Crippen molar-refractivity contribution in [1.29, 1.82) is 0 Å². The molecule has 0 fully saturated rings. The molecule has 1 aromatic heterocycles. The van der Waals surface area contributed by atoms with Crippen molar-refractivity contribution in [1.82, 2.24) is 0 Å². The summed E-state index contributed by atoms with van der Waals surface area (Å²) in [5.74, 6) is 0. The summed E-state index contributed by atoms with van der Waals surface area (Å²) in [5, 5.41) is 7.26. The van der Waals surface area contributed by atoms with Gasteiger partial charge in [-0.1, -0.05) is 176 Å². The van der Waals surface area contributed by atoms with Crippen LogP contribution < -0.4 is 4.90 Å². The van der Waals surface area contributed by atoms with Gasteiger partial charge in [-0.3, -0.25) is 0 Å². The molecule has 11 rings (SSSR count). The molecule has 1 heterocycles. The number of anilines is 3. The van der Waals surface area contributed by atoms with Crippen LogP contribution in [-0.4, -0.2) is 0 Å². The molecule has 0 saturated heterocycles. The summed E-state index contributed by atoms with van der Waals surface area (Å²) < 4.78 is 6.38. The summed E-state index contributed by atoms with van der Waals surface area (Å²) in [7, 11) is 0. The lowest BCUT2D eigenvalue weighted by atomic mass is 9.96. The minimum absolute atomic E-state index is 0.883. The molecule has 0 radical (unpaired) electrons. The number of hydrogen-bond donors (Lipinski definition) is 0. The lowest BCUT2D eigenvalue weighted by molar-refractivity contribution is 0.669. The minimum atomic E-state index is 0.883. The van der Waals surface area contributed by atoms with E-state index in [2.05, 4.69) is 217 Å². The third-order valence-corrected chi connectivity index (χ3v) is 11.5. The fourth-order valence-electron chi connectivity index (χ4n) is 8.64. The Morgan fingerprint density at radius 1 is 0.276 bits per heavy atom. The van der Waals surface area contributed by atoms with Gasteiger partial charge in [-0.25, -0.2) is 0 Å². The largest absolute Gasteiger partial charge is 0.456 e. The van der Waals surface area contributed by atoms with Crippen LogP contribution >= 0.6 is 0 Å². The second kappa shape index (κ2) is 14.1. The normalized spacial score (nSPS) is 11.4. The van der Waals surface area contributed by atoms with Gasteiger partial charge in [0.25, 0.3) is 0 Å². The molecule has 0 spiro atoms. The zero-order valence-electron chi connectivity index (χ0n) is 31.7. The standard InChI is InChI=1S/C56H37NO/c1-3-18-47-39(12-1)14-10-22-49(47)41-28-26-38(27-29-41)43-16-9-17-46(36-43)57(45-33-30-42(31-34-45)50-23-11-15-40-13-2-4-19-48(40)50)54-24-7-5-20-51(54)44-32-35-53-52-21-6-8-25-55(52)58-56(53)37-44/h1-37H. The molecule has 2 heteroatoms. The first-order chi connectivity index (χ1) is 28.7. The molecule has 0 aliphatic carbocycles. The van der Waals surface area contributed by atoms with E-state index in [4.69, 9.17) is 4.42 Å². The predicted molar refractivity (Wildman–Crippen MR) is 245 cm³/mol. The molecular formula is C56H37NO. The van der Waals surface area contributed by atoms with Crippen molar-refractivity contribution in [3.05, 3.63) is 224 Å². The van der Waals surface area contributed by atoms with Crippen molar-refractivity contribution in [2.24, 2.45) is 0 Å². The molecular weight excluding hydrogens is 703 g/mol. The lowest BCUT2D eigenvalue weighted by Gasteiger charge is -2.28. The maximum atomic E-state index is 6.38. The first-order valence-corrected chi connectivity index (χ1v) is 19.8. The van der Waals surface area contributed by atoms with Crippen molar-refractivity contribution < 1.29 is 4.42 Å². The lowest BCUT2D eigenvalue weighted by Crippen LogP contribution is -2.11. The molecule has 2 nitrogen and oxygen atoms in total. The van der Waals surface area contributed by atoms with Crippen LogP contribution in [0.3, 0.4) is 0 Å². The number of fused-ring (bicyclic) bond motifs is 5. The van der Waals surface area contributed by atoms with E-state index < -0.39 is 0 Å². The molecule has 0 amide bonds. The van der Waals surface area contributed by atoms with E-state index in [-0.39, 0.29) is 0 Å². The topological polar surface area (TPSA) is 16.4 Å². The van der Waals surface area contributed by atoms with Crippen molar-refractivity contribution >= 4 is 60.5 Å². The second-order valence-corrected chi connectivity index (χ2v) is 14.9. The van der Waals surface area contributed by atoms with Crippen LogP contribution in [0, 0.1) is 0 Å². The van der Waals surface area contributed by atoms with Gasteiger partial charge in [0.1, 0.15) is 11.2 Å². The van der Waals surface area contributed by atoms with Crippen LogP contribution in [0.1, 0.15) is 0 Å². The molecule has 0 aliphatic heterocycles. The Balaban J connectivity index is 1.03. The van der Waals surface area contributed by atoms with Gasteiger partial charge < -0.3 is 9.32 Å². The van der Waals surface area contributed by atoms with Crippen LogP contribution in [0.2, 0.25) is 0 Å². The number of furan rings is 1. The summed E-state index contributed by atoms with van der Waals surface area (Å²) >= 11 is 0. The van der Waals surface area contributed by atoms with E-state index in [9.17, 15) is 0 Å². The highest BCUT2D eigenvalue weighted by Crippen LogP contribution is 2.44. The third-order valence-electron chi connectivity index (χ3n) is 11.5. The number of para-hydroxylation sites is 2. The Morgan fingerprint density at radius 2 is 0.793 bits per heavy atom. The molecule has 0 aliphatic rings.